The summed E-state index contributed by atoms with van der Waals surface area (Å²) in [7, 11) is 1.83. The van der Waals surface area contributed by atoms with E-state index in [4.69, 9.17) is 4.74 Å². The van der Waals surface area contributed by atoms with Crippen LogP contribution in [0.2, 0.25) is 0 Å². The second kappa shape index (κ2) is 7.64. The Morgan fingerprint density at radius 2 is 2.05 bits per heavy atom. The summed E-state index contributed by atoms with van der Waals surface area (Å²) in [5.41, 5.74) is 2.20. The van der Waals surface area contributed by atoms with Gasteiger partial charge in [0.1, 0.15) is 12.4 Å². The van der Waals surface area contributed by atoms with E-state index in [0.717, 1.165) is 11.3 Å². The smallest absolute Gasteiger partial charge is 0.224 e. The van der Waals surface area contributed by atoms with Crippen molar-refractivity contribution in [1.82, 2.24) is 15.1 Å². The molecule has 1 N–H and O–H groups in total. The molecular weight excluding hydrogens is 278 g/mol. The molecule has 0 saturated carbocycles. The zero-order valence-electron chi connectivity index (χ0n) is 13.4. The van der Waals surface area contributed by atoms with Crippen LogP contribution >= 0.6 is 0 Å². The Bertz CT molecular complexity index is 603. The molecular formula is C17H23N3O2. The van der Waals surface area contributed by atoms with Crippen LogP contribution in [0.1, 0.15) is 30.9 Å². The molecule has 1 aromatic heterocycles. The van der Waals surface area contributed by atoms with Crippen molar-refractivity contribution in [1.29, 1.82) is 0 Å². The molecule has 118 valence electrons. The molecule has 1 aromatic carbocycles. The normalized spacial score (nSPS) is 10.7. The second-order valence-electron chi connectivity index (χ2n) is 5.62. The number of nitrogens with zero attached hydrogens (tertiary/aromatic N) is 2. The second-order valence-corrected chi connectivity index (χ2v) is 5.62. The van der Waals surface area contributed by atoms with Crippen molar-refractivity contribution < 1.29 is 9.53 Å². The Kier molecular flexibility index (Phi) is 5.58. The van der Waals surface area contributed by atoms with Gasteiger partial charge in [-0.2, -0.15) is 5.10 Å². The minimum atomic E-state index is -0.0215. The van der Waals surface area contributed by atoms with E-state index in [1.807, 2.05) is 25.4 Å². The molecule has 2 aromatic rings. The molecule has 2 rings (SSSR count). The molecule has 0 fully saturated rings. The van der Waals surface area contributed by atoms with Crippen LogP contribution in [0.15, 0.2) is 36.7 Å². The molecule has 0 bridgehead atoms. The van der Waals surface area contributed by atoms with Gasteiger partial charge in [0.2, 0.25) is 5.91 Å². The predicted octanol–water partition coefficient (Wildman–Crippen LogP) is 2.28. The molecule has 22 heavy (non-hydrogen) atoms. The van der Waals surface area contributed by atoms with Gasteiger partial charge in [0.05, 0.1) is 19.2 Å². The average molecular weight is 301 g/mol. The highest BCUT2D eigenvalue weighted by molar-refractivity contribution is 5.78. The van der Waals surface area contributed by atoms with E-state index in [1.165, 1.54) is 5.56 Å². The maximum Gasteiger partial charge on any atom is 0.224 e. The lowest BCUT2D eigenvalue weighted by molar-refractivity contribution is -0.120. The summed E-state index contributed by atoms with van der Waals surface area (Å²) in [6, 6.07) is 8.07. The van der Waals surface area contributed by atoms with Crippen LogP contribution in [-0.2, 0) is 18.3 Å². The van der Waals surface area contributed by atoms with E-state index < -0.39 is 0 Å². The van der Waals surface area contributed by atoms with E-state index in [0.29, 0.717) is 25.5 Å². The van der Waals surface area contributed by atoms with Gasteiger partial charge in [0, 0.05) is 13.2 Å². The van der Waals surface area contributed by atoms with Gasteiger partial charge in [-0.1, -0.05) is 26.0 Å². The summed E-state index contributed by atoms with van der Waals surface area (Å²) in [4.78, 5) is 11.7. The summed E-state index contributed by atoms with van der Waals surface area (Å²) in [5, 5.41) is 6.88. The van der Waals surface area contributed by atoms with Gasteiger partial charge in [-0.05, 0) is 29.2 Å². The zero-order valence-corrected chi connectivity index (χ0v) is 13.4. The maximum absolute atomic E-state index is 11.7. The van der Waals surface area contributed by atoms with Crippen molar-refractivity contribution in [3.8, 4) is 5.75 Å². The van der Waals surface area contributed by atoms with Crippen molar-refractivity contribution in [2.45, 2.75) is 26.2 Å². The first-order chi connectivity index (χ1) is 10.5. The van der Waals surface area contributed by atoms with Crippen LogP contribution in [0.4, 0.5) is 0 Å². The summed E-state index contributed by atoms with van der Waals surface area (Å²) < 4.78 is 7.30. The van der Waals surface area contributed by atoms with E-state index >= 15 is 0 Å². The molecule has 0 aliphatic carbocycles. The van der Waals surface area contributed by atoms with Gasteiger partial charge in [-0.25, -0.2) is 0 Å². The van der Waals surface area contributed by atoms with Gasteiger partial charge in [0.25, 0.3) is 0 Å². The number of carbonyl (C=O) groups is 1. The first-order valence-corrected chi connectivity index (χ1v) is 7.51. The number of rotatable bonds is 7. The van der Waals surface area contributed by atoms with Gasteiger partial charge in [-0.3, -0.25) is 9.48 Å². The van der Waals surface area contributed by atoms with Crippen molar-refractivity contribution >= 4 is 5.91 Å². The number of benzene rings is 1. The molecule has 0 aliphatic heterocycles. The summed E-state index contributed by atoms with van der Waals surface area (Å²) in [6.45, 7) is 5.27. The maximum atomic E-state index is 11.7. The molecule has 5 heteroatoms. The lowest BCUT2D eigenvalue weighted by atomic mass is 10.0. The lowest BCUT2D eigenvalue weighted by Crippen LogP contribution is -2.29. The first kappa shape index (κ1) is 16.1. The topological polar surface area (TPSA) is 56.1 Å². The van der Waals surface area contributed by atoms with E-state index in [-0.39, 0.29) is 5.91 Å². The van der Waals surface area contributed by atoms with Gasteiger partial charge >= 0.3 is 0 Å². The van der Waals surface area contributed by atoms with Crippen molar-refractivity contribution in [2.24, 2.45) is 7.05 Å². The number of amides is 1. The molecule has 0 radical (unpaired) electrons. The summed E-state index contributed by atoms with van der Waals surface area (Å²) in [5.74, 6) is 1.32. The van der Waals surface area contributed by atoms with Crippen LogP contribution in [0.5, 0.6) is 5.75 Å². The van der Waals surface area contributed by atoms with Gasteiger partial charge in [-0.15, -0.1) is 0 Å². The minimum absolute atomic E-state index is 0.0215. The fraction of sp³-hybridized carbons (Fsp3) is 0.412. The number of aryl methyl sites for hydroxylation is 1. The van der Waals surface area contributed by atoms with Crippen LogP contribution in [-0.4, -0.2) is 28.8 Å². The van der Waals surface area contributed by atoms with Gasteiger partial charge < -0.3 is 10.1 Å². The quantitative estimate of drug-likeness (QED) is 0.798. The number of hydrogen-bond donors (Lipinski definition) is 1. The fourth-order valence-corrected chi connectivity index (χ4v) is 2.12. The predicted molar refractivity (Wildman–Crippen MR) is 85.9 cm³/mol. The molecule has 0 spiro atoms. The van der Waals surface area contributed by atoms with E-state index in [1.54, 1.807) is 10.9 Å². The molecule has 0 saturated heterocycles. The molecule has 0 unspecified atom stereocenters. The van der Waals surface area contributed by atoms with Crippen molar-refractivity contribution in [2.75, 3.05) is 13.2 Å². The molecule has 1 amide bonds. The largest absolute Gasteiger partial charge is 0.492 e. The first-order valence-electron chi connectivity index (χ1n) is 7.51. The number of ether oxygens (including phenoxy) is 1. The van der Waals surface area contributed by atoms with Crippen LogP contribution in [0.3, 0.4) is 0 Å². The molecule has 0 atom stereocenters. The number of hydrogen-bond acceptors (Lipinski definition) is 3. The standard InChI is InChI=1S/C17H23N3O2/c1-13(2)15-4-6-16(7-5-15)22-9-8-18-17(21)10-14-11-19-20(3)12-14/h4-7,11-13H,8-10H2,1-3H3,(H,18,21). The molecule has 1 heterocycles. The highest BCUT2D eigenvalue weighted by atomic mass is 16.5. The van der Waals surface area contributed by atoms with Crippen LogP contribution in [0, 0.1) is 0 Å². The third-order valence-corrected chi connectivity index (χ3v) is 3.36. The van der Waals surface area contributed by atoms with Crippen LogP contribution < -0.4 is 10.1 Å². The van der Waals surface area contributed by atoms with Gasteiger partial charge in [0.15, 0.2) is 0 Å². The Labute approximate surface area is 131 Å². The Hall–Kier alpha value is -2.30. The van der Waals surface area contributed by atoms with Crippen molar-refractivity contribution in [3.63, 3.8) is 0 Å². The number of carbonyl (C=O) groups excluding carboxylic acids is 1. The van der Waals surface area contributed by atoms with Crippen LogP contribution in [0.25, 0.3) is 0 Å². The lowest BCUT2D eigenvalue weighted by Gasteiger charge is -2.09. The van der Waals surface area contributed by atoms with Crippen molar-refractivity contribution in [3.05, 3.63) is 47.8 Å². The monoisotopic (exact) mass is 301 g/mol. The average Bonchev–Trinajstić information content (AvgIpc) is 2.89. The molecule has 0 aliphatic rings. The summed E-state index contributed by atoms with van der Waals surface area (Å²) in [6.07, 6.45) is 3.88. The number of nitrogens with one attached hydrogen (secondary N) is 1. The Morgan fingerprint density at radius 3 is 2.64 bits per heavy atom. The highest BCUT2D eigenvalue weighted by Gasteiger charge is 2.05. The zero-order chi connectivity index (χ0) is 15.9. The third kappa shape index (κ3) is 4.91. The highest BCUT2D eigenvalue weighted by Crippen LogP contribution is 2.18. The SMILES string of the molecule is CC(C)c1ccc(OCCNC(=O)Cc2cnn(C)c2)cc1. The Balaban J connectivity index is 1.67. The molecule has 5 nitrogen and oxygen atoms in total. The Morgan fingerprint density at radius 1 is 1.32 bits per heavy atom. The third-order valence-electron chi connectivity index (χ3n) is 3.36. The minimum Gasteiger partial charge on any atom is -0.492 e. The fourth-order valence-electron chi connectivity index (χ4n) is 2.12. The van der Waals surface area contributed by atoms with E-state index in [2.05, 4.69) is 36.4 Å². The summed E-state index contributed by atoms with van der Waals surface area (Å²) >= 11 is 0. The van der Waals surface area contributed by atoms with E-state index in [9.17, 15) is 4.79 Å². The number of aromatic nitrogens is 2.